The van der Waals surface area contributed by atoms with Gasteiger partial charge in [-0.2, -0.15) is 5.10 Å². The summed E-state index contributed by atoms with van der Waals surface area (Å²) in [7, 11) is 0. The van der Waals surface area contributed by atoms with E-state index in [1.165, 1.54) is 6.42 Å². The Kier molecular flexibility index (Phi) is 4.01. The summed E-state index contributed by atoms with van der Waals surface area (Å²) in [5.41, 5.74) is 1.40. The van der Waals surface area contributed by atoms with E-state index in [9.17, 15) is 9.59 Å². The number of rotatable bonds is 4. The predicted octanol–water partition coefficient (Wildman–Crippen LogP) is 2.26. The van der Waals surface area contributed by atoms with Gasteiger partial charge in [-0.1, -0.05) is 12.1 Å². The number of anilines is 2. The fourth-order valence-corrected chi connectivity index (χ4v) is 2.98. The second-order valence-corrected chi connectivity index (χ2v) is 6.18. The maximum atomic E-state index is 12.2. The lowest BCUT2D eigenvalue weighted by Crippen LogP contribution is -2.32. The van der Waals surface area contributed by atoms with Gasteiger partial charge in [0.15, 0.2) is 6.61 Å². The summed E-state index contributed by atoms with van der Waals surface area (Å²) < 4.78 is 7.24. The average molecular weight is 341 g/mol. The van der Waals surface area contributed by atoms with Crippen LogP contribution in [0.2, 0.25) is 0 Å². The Labute approximate surface area is 144 Å². The number of aromatic nitrogens is 2. The largest absolute Gasteiger partial charge is 0.482 e. The number of urea groups is 1. The van der Waals surface area contributed by atoms with Gasteiger partial charge in [0.05, 0.1) is 17.9 Å². The molecule has 1 aliphatic heterocycles. The van der Waals surface area contributed by atoms with Crippen LogP contribution in [-0.2, 0) is 11.3 Å². The second kappa shape index (κ2) is 6.46. The third-order valence-corrected chi connectivity index (χ3v) is 4.51. The lowest BCUT2D eigenvalue weighted by Gasteiger charge is -2.27. The van der Waals surface area contributed by atoms with Gasteiger partial charge in [0.2, 0.25) is 0 Å². The number of benzene rings is 1. The zero-order valence-electron chi connectivity index (χ0n) is 13.6. The van der Waals surface area contributed by atoms with Gasteiger partial charge in [-0.3, -0.25) is 10.1 Å². The molecular weight excluding hydrogens is 322 g/mol. The Bertz CT molecular complexity index is 812. The minimum atomic E-state index is -0.318. The van der Waals surface area contributed by atoms with Crippen molar-refractivity contribution in [2.75, 3.05) is 17.2 Å². The van der Waals surface area contributed by atoms with Crippen LogP contribution >= 0.6 is 0 Å². The fourth-order valence-electron chi connectivity index (χ4n) is 2.98. The molecule has 1 fully saturated rings. The minimum Gasteiger partial charge on any atom is -0.482 e. The maximum Gasteiger partial charge on any atom is 0.320 e. The van der Waals surface area contributed by atoms with E-state index in [0.717, 1.165) is 18.4 Å². The molecule has 130 valence electrons. The van der Waals surface area contributed by atoms with E-state index in [1.54, 1.807) is 18.3 Å². The highest BCUT2D eigenvalue weighted by atomic mass is 16.5. The summed E-state index contributed by atoms with van der Waals surface area (Å²) in [5, 5.41) is 12.7. The van der Waals surface area contributed by atoms with Crippen molar-refractivity contribution in [2.24, 2.45) is 0 Å². The van der Waals surface area contributed by atoms with Crippen molar-refractivity contribution in [3.63, 3.8) is 0 Å². The van der Waals surface area contributed by atoms with Crippen LogP contribution in [0.15, 0.2) is 30.5 Å². The van der Waals surface area contributed by atoms with E-state index in [2.05, 4.69) is 21.0 Å². The van der Waals surface area contributed by atoms with Crippen LogP contribution < -0.4 is 20.7 Å². The summed E-state index contributed by atoms with van der Waals surface area (Å²) in [6, 6.07) is 7.30. The molecular formula is C17H19N5O3. The third-order valence-electron chi connectivity index (χ3n) is 4.51. The summed E-state index contributed by atoms with van der Waals surface area (Å²) in [5.74, 6) is 1.10. The zero-order chi connectivity index (χ0) is 17.2. The molecule has 0 radical (unpaired) electrons. The van der Waals surface area contributed by atoms with Crippen molar-refractivity contribution < 1.29 is 14.3 Å². The Balaban J connectivity index is 1.40. The lowest BCUT2D eigenvalue weighted by molar-refractivity contribution is -0.118. The molecule has 0 atom stereocenters. The van der Waals surface area contributed by atoms with Crippen molar-refractivity contribution in [1.82, 2.24) is 15.1 Å². The maximum absolute atomic E-state index is 12.2. The molecule has 2 aromatic rings. The van der Waals surface area contributed by atoms with Crippen molar-refractivity contribution in [3.05, 3.63) is 36.0 Å². The fraction of sp³-hybridized carbons (Fsp3) is 0.353. The molecule has 0 spiro atoms. The number of carbonyl (C=O) groups is 2. The molecule has 1 aromatic heterocycles. The minimum absolute atomic E-state index is 0.00945. The number of carbonyl (C=O) groups excluding carboxylic acids is 2. The molecule has 0 bridgehead atoms. The summed E-state index contributed by atoms with van der Waals surface area (Å²) in [6.45, 7) is 0.283. The number of para-hydroxylation sites is 1. The highest BCUT2D eigenvalue weighted by Gasteiger charge is 2.23. The lowest BCUT2D eigenvalue weighted by atomic mass is 9.93. The normalized spacial score (nSPS) is 16.2. The van der Waals surface area contributed by atoms with Gasteiger partial charge in [-0.05, 0) is 30.9 Å². The number of amides is 3. The topological polar surface area (TPSA) is 97.3 Å². The Morgan fingerprint density at radius 3 is 3.04 bits per heavy atom. The van der Waals surface area contributed by atoms with Crippen LogP contribution in [0.5, 0.6) is 5.75 Å². The van der Waals surface area contributed by atoms with E-state index in [0.29, 0.717) is 23.3 Å². The van der Waals surface area contributed by atoms with Gasteiger partial charge in [0.1, 0.15) is 11.6 Å². The van der Waals surface area contributed by atoms with E-state index < -0.39 is 0 Å². The van der Waals surface area contributed by atoms with Gasteiger partial charge in [-0.25, -0.2) is 9.48 Å². The Hall–Kier alpha value is -3.03. The first kappa shape index (κ1) is 15.5. The molecule has 4 rings (SSSR count). The standard InChI is InChI=1S/C17H19N5O3/c23-15-10-25-13-6-1-3-11(16(13)21-15)9-18-17(24)20-14-7-8-19-22(14)12-4-2-5-12/h1,3,6-8,12H,2,4-5,9-10H2,(H,21,23)(H2,18,20,24). The van der Waals surface area contributed by atoms with Crippen LogP contribution in [-0.4, -0.2) is 28.3 Å². The van der Waals surface area contributed by atoms with Crippen molar-refractivity contribution >= 4 is 23.4 Å². The first-order valence-electron chi connectivity index (χ1n) is 8.33. The Morgan fingerprint density at radius 2 is 2.24 bits per heavy atom. The quantitative estimate of drug-likeness (QED) is 0.794. The second-order valence-electron chi connectivity index (χ2n) is 6.18. The molecule has 3 N–H and O–H groups in total. The van der Waals surface area contributed by atoms with Crippen LogP contribution in [0.1, 0.15) is 30.9 Å². The number of hydrogen-bond acceptors (Lipinski definition) is 4. The molecule has 8 heteroatoms. The monoisotopic (exact) mass is 341 g/mol. The third kappa shape index (κ3) is 3.15. The summed E-state index contributed by atoms with van der Waals surface area (Å²) in [4.78, 5) is 23.7. The van der Waals surface area contributed by atoms with Gasteiger partial charge >= 0.3 is 6.03 Å². The number of hydrogen-bond donors (Lipinski definition) is 3. The van der Waals surface area contributed by atoms with E-state index in [4.69, 9.17) is 4.74 Å². The molecule has 1 aliphatic carbocycles. The molecule has 25 heavy (non-hydrogen) atoms. The summed E-state index contributed by atoms with van der Waals surface area (Å²) >= 11 is 0. The smallest absolute Gasteiger partial charge is 0.320 e. The van der Waals surface area contributed by atoms with E-state index >= 15 is 0 Å². The van der Waals surface area contributed by atoms with E-state index in [1.807, 2.05) is 16.8 Å². The van der Waals surface area contributed by atoms with Crippen LogP contribution in [0.4, 0.5) is 16.3 Å². The van der Waals surface area contributed by atoms with Gasteiger partial charge in [-0.15, -0.1) is 0 Å². The molecule has 0 unspecified atom stereocenters. The molecule has 2 heterocycles. The van der Waals surface area contributed by atoms with Gasteiger partial charge in [0.25, 0.3) is 5.91 Å². The number of nitrogens with one attached hydrogen (secondary N) is 3. The number of ether oxygens (including phenoxy) is 1. The molecule has 8 nitrogen and oxygen atoms in total. The average Bonchev–Trinajstić information content (AvgIpc) is 2.99. The van der Waals surface area contributed by atoms with Crippen LogP contribution in [0, 0.1) is 0 Å². The van der Waals surface area contributed by atoms with Crippen molar-refractivity contribution in [1.29, 1.82) is 0 Å². The SMILES string of the molecule is O=C1COc2cccc(CNC(=O)Nc3ccnn3C3CCC3)c2N1. The highest BCUT2D eigenvalue weighted by molar-refractivity contribution is 5.96. The Morgan fingerprint density at radius 1 is 1.36 bits per heavy atom. The number of nitrogens with zero attached hydrogens (tertiary/aromatic N) is 2. The molecule has 3 amide bonds. The van der Waals surface area contributed by atoms with Gasteiger partial charge in [0, 0.05) is 12.6 Å². The van der Waals surface area contributed by atoms with Crippen molar-refractivity contribution in [3.8, 4) is 5.75 Å². The van der Waals surface area contributed by atoms with Crippen LogP contribution in [0.3, 0.4) is 0 Å². The summed E-state index contributed by atoms with van der Waals surface area (Å²) in [6.07, 6.45) is 5.07. The van der Waals surface area contributed by atoms with Crippen LogP contribution in [0.25, 0.3) is 0 Å². The van der Waals surface area contributed by atoms with E-state index in [-0.39, 0.29) is 25.1 Å². The predicted molar refractivity (Wildman–Crippen MR) is 91.5 cm³/mol. The zero-order valence-corrected chi connectivity index (χ0v) is 13.6. The molecule has 0 saturated heterocycles. The first-order valence-corrected chi connectivity index (χ1v) is 8.33. The molecule has 1 saturated carbocycles. The van der Waals surface area contributed by atoms with Crippen molar-refractivity contribution in [2.45, 2.75) is 31.8 Å². The van der Waals surface area contributed by atoms with Gasteiger partial charge < -0.3 is 15.4 Å². The first-order chi connectivity index (χ1) is 12.2. The number of fused-ring (bicyclic) bond motifs is 1. The molecule has 1 aromatic carbocycles. The molecule has 2 aliphatic rings. The highest BCUT2D eigenvalue weighted by Crippen LogP contribution is 2.33.